The van der Waals surface area contributed by atoms with E-state index in [-0.39, 0.29) is 23.5 Å². The second kappa shape index (κ2) is 6.67. The van der Waals surface area contributed by atoms with Gasteiger partial charge in [-0.05, 0) is 6.07 Å². The van der Waals surface area contributed by atoms with Crippen molar-refractivity contribution in [2.75, 3.05) is 6.61 Å². The molecule has 28 heavy (non-hydrogen) atoms. The number of imidazole rings is 1. The fourth-order valence-electron chi connectivity index (χ4n) is 3.16. The average molecular weight is 389 g/mol. The van der Waals surface area contributed by atoms with Crippen molar-refractivity contribution in [1.29, 1.82) is 0 Å². The predicted octanol–water partition coefficient (Wildman–Crippen LogP) is -0.371. The molecule has 4 rings (SSSR count). The van der Waals surface area contributed by atoms with E-state index >= 15 is 0 Å². The second-order valence-corrected chi connectivity index (χ2v) is 6.37. The van der Waals surface area contributed by atoms with Gasteiger partial charge in [-0.2, -0.15) is 0 Å². The fraction of sp³-hybridized carbons (Fsp3) is 0.312. The van der Waals surface area contributed by atoms with Crippen molar-refractivity contribution < 1.29 is 19.9 Å². The van der Waals surface area contributed by atoms with Crippen molar-refractivity contribution in [3.05, 3.63) is 55.3 Å². The van der Waals surface area contributed by atoms with Crippen molar-refractivity contribution in [2.24, 2.45) is 0 Å². The van der Waals surface area contributed by atoms with E-state index in [0.29, 0.717) is 11.0 Å². The van der Waals surface area contributed by atoms with Gasteiger partial charge in [0.2, 0.25) is 0 Å². The summed E-state index contributed by atoms with van der Waals surface area (Å²) < 4.78 is 6.56. The molecule has 3 atom stereocenters. The number of aromatic amines is 2. The van der Waals surface area contributed by atoms with Gasteiger partial charge in [0.15, 0.2) is 0 Å². The summed E-state index contributed by atoms with van der Waals surface area (Å²) >= 11 is 0. The summed E-state index contributed by atoms with van der Waals surface area (Å²) in [6, 6.07) is 4.03. The van der Waals surface area contributed by atoms with Gasteiger partial charge < -0.3 is 19.9 Å². The van der Waals surface area contributed by atoms with Gasteiger partial charge in [-0.3, -0.25) is 24.5 Å². The third-order valence-electron chi connectivity index (χ3n) is 4.59. The van der Waals surface area contributed by atoms with E-state index in [2.05, 4.69) is 15.0 Å². The quantitative estimate of drug-likeness (QED) is 0.345. The van der Waals surface area contributed by atoms with Gasteiger partial charge in [-0.25, -0.2) is 9.78 Å². The van der Waals surface area contributed by atoms with Crippen LogP contribution < -0.4 is 11.2 Å². The summed E-state index contributed by atoms with van der Waals surface area (Å²) in [6.07, 6.45) is -1.36. The van der Waals surface area contributed by atoms with Crippen LogP contribution in [0.15, 0.2) is 34.0 Å². The molecule has 1 saturated heterocycles. The zero-order valence-corrected chi connectivity index (χ0v) is 14.2. The number of benzene rings is 1. The number of non-ortho nitro benzene ring substituents is 1. The van der Waals surface area contributed by atoms with Crippen LogP contribution in [0, 0.1) is 10.1 Å². The first-order chi connectivity index (χ1) is 13.4. The number of nitrogens with zero attached hydrogens (tertiary/aromatic N) is 3. The highest BCUT2D eigenvalue weighted by atomic mass is 16.6. The van der Waals surface area contributed by atoms with Crippen LogP contribution in [0.4, 0.5) is 5.69 Å². The first-order valence-corrected chi connectivity index (χ1v) is 8.31. The number of ether oxygens (including phenoxy) is 1. The molecule has 1 aliphatic heterocycles. The molecular weight excluding hydrogens is 374 g/mol. The van der Waals surface area contributed by atoms with Crippen LogP contribution in [0.25, 0.3) is 22.4 Å². The fourth-order valence-corrected chi connectivity index (χ4v) is 3.16. The lowest BCUT2D eigenvalue weighted by Gasteiger charge is -2.14. The van der Waals surface area contributed by atoms with Crippen LogP contribution in [-0.2, 0) is 4.74 Å². The lowest BCUT2D eigenvalue weighted by molar-refractivity contribution is -0.384. The first kappa shape index (κ1) is 18.0. The third-order valence-corrected chi connectivity index (χ3v) is 4.59. The van der Waals surface area contributed by atoms with E-state index < -0.39 is 41.2 Å². The van der Waals surface area contributed by atoms with E-state index in [1.807, 2.05) is 0 Å². The normalized spacial score (nSPS) is 22.0. The number of rotatable bonds is 4. The number of aliphatic hydroxyl groups is 2. The molecule has 0 saturated carbocycles. The minimum atomic E-state index is -0.955. The number of nitrogens with one attached hydrogen (secondary N) is 2. The molecule has 1 fully saturated rings. The maximum absolute atomic E-state index is 12.3. The van der Waals surface area contributed by atoms with Crippen molar-refractivity contribution >= 4 is 16.7 Å². The van der Waals surface area contributed by atoms with E-state index in [1.54, 1.807) is 0 Å². The molecule has 1 aromatic carbocycles. The molecule has 12 heteroatoms. The van der Waals surface area contributed by atoms with Crippen LogP contribution in [0.1, 0.15) is 12.6 Å². The minimum absolute atomic E-state index is 0.0176. The minimum Gasteiger partial charge on any atom is -0.394 e. The summed E-state index contributed by atoms with van der Waals surface area (Å²) in [6.45, 7) is -0.412. The Kier molecular flexibility index (Phi) is 4.30. The molecule has 0 bridgehead atoms. The molecule has 3 heterocycles. The Balaban J connectivity index is 1.78. The number of aliphatic hydroxyl groups excluding tert-OH is 2. The van der Waals surface area contributed by atoms with Gasteiger partial charge in [0.05, 0.1) is 34.2 Å². The molecule has 146 valence electrons. The summed E-state index contributed by atoms with van der Waals surface area (Å²) in [5.74, 6) is 0.114. The molecule has 4 N–H and O–H groups in total. The Labute approximate surface area is 155 Å². The number of H-pyrrole nitrogens is 2. The van der Waals surface area contributed by atoms with Crippen LogP contribution in [0.3, 0.4) is 0 Å². The van der Waals surface area contributed by atoms with Crippen molar-refractivity contribution in [2.45, 2.75) is 24.9 Å². The molecular formula is C16H15N5O7. The summed E-state index contributed by atoms with van der Waals surface area (Å²) in [7, 11) is 0. The summed E-state index contributed by atoms with van der Waals surface area (Å²) in [5, 5.41) is 30.0. The number of hydrogen-bond donors (Lipinski definition) is 4. The molecule has 3 aromatic rings. The Bertz CT molecular complexity index is 1180. The lowest BCUT2D eigenvalue weighted by Crippen LogP contribution is -2.33. The molecule has 0 spiro atoms. The maximum Gasteiger partial charge on any atom is 0.330 e. The van der Waals surface area contributed by atoms with Crippen LogP contribution >= 0.6 is 0 Å². The SMILES string of the molecule is O=c1[nH]c(=O)n([C@H]2C[C@H](O)[C@@H](CO)O2)cc1-c1nc2ccc([N+](=O)[O-])cc2[nH]1. The average Bonchev–Trinajstić information content (AvgIpc) is 3.24. The van der Waals surface area contributed by atoms with Crippen molar-refractivity contribution in [3.8, 4) is 11.4 Å². The largest absolute Gasteiger partial charge is 0.394 e. The Hall–Kier alpha value is -3.35. The van der Waals surface area contributed by atoms with E-state index in [0.717, 1.165) is 4.57 Å². The smallest absolute Gasteiger partial charge is 0.330 e. The monoisotopic (exact) mass is 389 g/mol. The highest BCUT2D eigenvalue weighted by Crippen LogP contribution is 2.28. The molecule has 1 aliphatic rings. The number of nitro groups is 1. The van der Waals surface area contributed by atoms with Crippen LogP contribution in [0.5, 0.6) is 0 Å². The Morgan fingerprint density at radius 2 is 2.14 bits per heavy atom. The number of hydrogen-bond acceptors (Lipinski definition) is 8. The molecule has 0 aliphatic carbocycles. The van der Waals surface area contributed by atoms with Crippen molar-refractivity contribution in [1.82, 2.24) is 19.5 Å². The zero-order valence-electron chi connectivity index (χ0n) is 14.2. The first-order valence-electron chi connectivity index (χ1n) is 8.31. The highest BCUT2D eigenvalue weighted by molar-refractivity contribution is 5.81. The van der Waals surface area contributed by atoms with E-state index in [9.17, 15) is 29.9 Å². The lowest BCUT2D eigenvalue weighted by atomic mass is 10.2. The zero-order chi connectivity index (χ0) is 20.0. The molecule has 0 radical (unpaired) electrons. The molecule has 0 amide bonds. The van der Waals surface area contributed by atoms with E-state index in [1.165, 1.54) is 24.4 Å². The van der Waals surface area contributed by atoms with Gasteiger partial charge in [-0.1, -0.05) is 0 Å². The highest BCUT2D eigenvalue weighted by Gasteiger charge is 2.35. The molecule has 12 nitrogen and oxygen atoms in total. The van der Waals surface area contributed by atoms with Crippen LogP contribution in [0.2, 0.25) is 0 Å². The summed E-state index contributed by atoms with van der Waals surface area (Å²) in [4.78, 5) is 44.1. The number of nitro benzene ring substituents is 1. The van der Waals surface area contributed by atoms with Gasteiger partial charge in [0.1, 0.15) is 18.2 Å². The standard InChI is InChI=1S/C16H15N5O7/c22-6-12-11(23)4-13(28-12)20-5-8(15(24)19-16(20)25)14-17-9-2-1-7(21(26)27)3-10(9)18-14/h1-3,5,11-13,22-23H,4,6H2,(H,17,18)(H,19,24,25)/t11-,12+,13+/m0/s1. The topological polar surface area (TPSA) is 176 Å². The third kappa shape index (κ3) is 2.98. The number of aromatic nitrogens is 4. The van der Waals surface area contributed by atoms with E-state index in [4.69, 9.17) is 4.74 Å². The van der Waals surface area contributed by atoms with Gasteiger partial charge in [0, 0.05) is 24.8 Å². The van der Waals surface area contributed by atoms with Gasteiger partial charge in [-0.15, -0.1) is 0 Å². The van der Waals surface area contributed by atoms with Gasteiger partial charge in [0.25, 0.3) is 11.2 Å². The van der Waals surface area contributed by atoms with Crippen molar-refractivity contribution in [3.63, 3.8) is 0 Å². The predicted molar refractivity (Wildman–Crippen MR) is 94.7 cm³/mol. The summed E-state index contributed by atoms with van der Waals surface area (Å²) in [5.41, 5.74) is -0.794. The molecule has 2 aromatic heterocycles. The van der Waals surface area contributed by atoms with Crippen LogP contribution in [-0.4, -0.2) is 53.5 Å². The number of fused-ring (bicyclic) bond motifs is 1. The second-order valence-electron chi connectivity index (χ2n) is 6.37. The Morgan fingerprint density at radius 1 is 1.36 bits per heavy atom. The Morgan fingerprint density at radius 3 is 2.82 bits per heavy atom. The molecule has 0 unspecified atom stereocenters. The maximum atomic E-state index is 12.3. The van der Waals surface area contributed by atoms with Gasteiger partial charge >= 0.3 is 5.69 Å².